The lowest BCUT2D eigenvalue weighted by Gasteiger charge is -2.33. The normalized spacial score (nSPS) is 17.5. The molecule has 1 saturated heterocycles. The molecule has 0 spiro atoms. The monoisotopic (exact) mass is 346 g/mol. The molecule has 2 heterocycles. The first-order valence-electron chi connectivity index (χ1n) is 8.96. The first kappa shape index (κ1) is 16.7. The third-order valence-corrected chi connectivity index (χ3v) is 4.92. The minimum Gasteiger partial charge on any atom is -0.370 e. The fraction of sp³-hybridized carbons (Fsp3) is 0.273. The van der Waals surface area contributed by atoms with Crippen molar-refractivity contribution >= 4 is 16.8 Å². The maximum Gasteiger partial charge on any atom is 0.254 e. The van der Waals surface area contributed by atoms with Gasteiger partial charge in [0.2, 0.25) is 0 Å². The Morgan fingerprint density at radius 1 is 1.12 bits per heavy atom. The molecule has 26 heavy (non-hydrogen) atoms. The van der Waals surface area contributed by atoms with Gasteiger partial charge in [0, 0.05) is 17.6 Å². The second kappa shape index (κ2) is 6.89. The van der Waals surface area contributed by atoms with Crippen LogP contribution in [0.1, 0.15) is 33.3 Å². The zero-order valence-corrected chi connectivity index (χ0v) is 15.1. The van der Waals surface area contributed by atoms with Crippen LogP contribution < -0.4 is 0 Å². The number of fused-ring (bicyclic) bond motifs is 1. The lowest BCUT2D eigenvalue weighted by Crippen LogP contribution is -2.42. The van der Waals surface area contributed by atoms with Gasteiger partial charge in [0.05, 0.1) is 24.2 Å². The molecular weight excluding hydrogens is 324 g/mol. The number of benzene rings is 2. The molecule has 3 aromatic rings. The molecule has 1 fully saturated rings. The van der Waals surface area contributed by atoms with E-state index in [1.165, 1.54) is 0 Å². The molecule has 4 nitrogen and oxygen atoms in total. The average Bonchev–Trinajstić information content (AvgIpc) is 2.68. The van der Waals surface area contributed by atoms with Crippen molar-refractivity contribution in [1.29, 1.82) is 0 Å². The van der Waals surface area contributed by atoms with Crippen molar-refractivity contribution in [2.75, 3.05) is 19.7 Å². The number of carbonyl (C=O) groups is 1. The summed E-state index contributed by atoms with van der Waals surface area (Å²) in [5.41, 5.74) is 4.69. The van der Waals surface area contributed by atoms with Gasteiger partial charge in [0.25, 0.3) is 5.91 Å². The Balaban J connectivity index is 1.67. The predicted molar refractivity (Wildman–Crippen MR) is 102 cm³/mol. The summed E-state index contributed by atoms with van der Waals surface area (Å²) in [5.74, 6) is 0.0512. The number of para-hydroxylation sites is 1. The van der Waals surface area contributed by atoms with Crippen molar-refractivity contribution < 1.29 is 9.53 Å². The molecule has 1 aliphatic heterocycles. The minimum absolute atomic E-state index is 0.0512. The van der Waals surface area contributed by atoms with Gasteiger partial charge < -0.3 is 9.64 Å². The smallest absolute Gasteiger partial charge is 0.254 e. The Bertz CT molecular complexity index is 953. The third kappa shape index (κ3) is 3.08. The van der Waals surface area contributed by atoms with Gasteiger partial charge in [-0.25, -0.2) is 0 Å². The fourth-order valence-corrected chi connectivity index (χ4v) is 3.57. The third-order valence-electron chi connectivity index (χ3n) is 4.92. The molecule has 4 heteroatoms. The van der Waals surface area contributed by atoms with Gasteiger partial charge in [-0.05, 0) is 31.0 Å². The highest BCUT2D eigenvalue weighted by atomic mass is 16.5. The highest BCUT2D eigenvalue weighted by molar-refractivity contribution is 6.06. The van der Waals surface area contributed by atoms with Gasteiger partial charge in [0.15, 0.2) is 0 Å². The first-order chi connectivity index (χ1) is 12.6. The number of pyridine rings is 1. The van der Waals surface area contributed by atoms with Crippen LogP contribution in [0.2, 0.25) is 0 Å². The van der Waals surface area contributed by atoms with E-state index in [9.17, 15) is 4.79 Å². The van der Waals surface area contributed by atoms with Crippen molar-refractivity contribution in [1.82, 2.24) is 9.88 Å². The summed E-state index contributed by atoms with van der Waals surface area (Å²) < 4.78 is 5.90. The van der Waals surface area contributed by atoms with Gasteiger partial charge >= 0.3 is 0 Å². The van der Waals surface area contributed by atoms with Crippen molar-refractivity contribution in [2.45, 2.75) is 20.0 Å². The van der Waals surface area contributed by atoms with Gasteiger partial charge in [-0.1, -0.05) is 48.5 Å². The van der Waals surface area contributed by atoms with Crippen LogP contribution in [0.15, 0.2) is 54.6 Å². The number of rotatable bonds is 2. The Kier molecular flexibility index (Phi) is 4.43. The summed E-state index contributed by atoms with van der Waals surface area (Å²) in [6.07, 6.45) is -0.0789. The zero-order valence-electron chi connectivity index (χ0n) is 15.1. The van der Waals surface area contributed by atoms with E-state index < -0.39 is 0 Å². The number of morpholine rings is 1. The maximum absolute atomic E-state index is 13.3. The van der Waals surface area contributed by atoms with E-state index in [0.29, 0.717) is 19.7 Å². The molecule has 0 bridgehead atoms. The maximum atomic E-state index is 13.3. The van der Waals surface area contributed by atoms with Crippen LogP contribution >= 0.6 is 0 Å². The molecule has 0 N–H and O–H groups in total. The molecule has 1 aliphatic rings. The Labute approximate surface area is 153 Å². The number of amides is 1. The summed E-state index contributed by atoms with van der Waals surface area (Å²) >= 11 is 0. The molecule has 0 saturated carbocycles. The van der Waals surface area contributed by atoms with E-state index in [1.807, 2.05) is 73.3 Å². The van der Waals surface area contributed by atoms with Gasteiger partial charge in [-0.2, -0.15) is 0 Å². The van der Waals surface area contributed by atoms with E-state index in [-0.39, 0.29) is 12.0 Å². The number of hydrogen-bond acceptors (Lipinski definition) is 3. The lowest BCUT2D eigenvalue weighted by atomic mass is 10.0. The van der Waals surface area contributed by atoms with Crippen molar-refractivity contribution in [2.24, 2.45) is 0 Å². The summed E-state index contributed by atoms with van der Waals surface area (Å²) in [5, 5.41) is 0.920. The number of carbonyl (C=O) groups excluding carboxylic acids is 1. The first-order valence-corrected chi connectivity index (χ1v) is 8.96. The Hall–Kier alpha value is -2.72. The van der Waals surface area contributed by atoms with Crippen LogP contribution in [-0.2, 0) is 4.74 Å². The number of hydrogen-bond donors (Lipinski definition) is 0. The van der Waals surface area contributed by atoms with E-state index in [0.717, 1.165) is 33.3 Å². The highest BCUT2D eigenvalue weighted by Gasteiger charge is 2.27. The summed E-state index contributed by atoms with van der Waals surface area (Å²) in [6, 6.07) is 18.0. The summed E-state index contributed by atoms with van der Waals surface area (Å²) in [7, 11) is 0. The zero-order chi connectivity index (χ0) is 18.1. The highest BCUT2D eigenvalue weighted by Crippen LogP contribution is 2.26. The van der Waals surface area contributed by atoms with Gasteiger partial charge in [0.1, 0.15) is 6.10 Å². The van der Waals surface area contributed by atoms with E-state index >= 15 is 0 Å². The predicted octanol–water partition coefficient (Wildman–Crippen LogP) is 4.07. The van der Waals surface area contributed by atoms with Crippen molar-refractivity contribution in [3.05, 3.63) is 77.0 Å². The van der Waals surface area contributed by atoms with E-state index in [2.05, 4.69) is 4.98 Å². The molecular formula is C22H22N2O2. The Morgan fingerprint density at radius 2 is 1.92 bits per heavy atom. The van der Waals surface area contributed by atoms with Crippen LogP contribution in [0.5, 0.6) is 0 Å². The number of aromatic nitrogens is 1. The topological polar surface area (TPSA) is 42.4 Å². The SMILES string of the molecule is Cc1cc(C(=O)N2CCOC(c3ccccc3)C2)c2cccc(C)c2n1. The molecule has 2 aromatic carbocycles. The second-order valence-electron chi connectivity index (χ2n) is 6.80. The van der Waals surface area contributed by atoms with E-state index in [1.54, 1.807) is 0 Å². The summed E-state index contributed by atoms with van der Waals surface area (Å²) in [4.78, 5) is 19.8. The molecule has 1 atom stereocenters. The second-order valence-corrected chi connectivity index (χ2v) is 6.80. The number of nitrogens with zero attached hydrogens (tertiary/aromatic N) is 2. The quantitative estimate of drug-likeness (QED) is 0.702. The lowest BCUT2D eigenvalue weighted by molar-refractivity contribution is -0.0227. The van der Waals surface area contributed by atoms with Gasteiger partial charge in [-0.3, -0.25) is 9.78 Å². The van der Waals surface area contributed by atoms with E-state index in [4.69, 9.17) is 4.74 Å². The van der Waals surface area contributed by atoms with Crippen molar-refractivity contribution in [3.63, 3.8) is 0 Å². The van der Waals surface area contributed by atoms with Crippen LogP contribution in [0.3, 0.4) is 0 Å². The number of ether oxygens (including phenoxy) is 1. The van der Waals surface area contributed by atoms with Gasteiger partial charge in [-0.15, -0.1) is 0 Å². The average molecular weight is 346 g/mol. The van der Waals surface area contributed by atoms with Crippen LogP contribution in [-0.4, -0.2) is 35.5 Å². The van der Waals surface area contributed by atoms with Crippen LogP contribution in [0, 0.1) is 13.8 Å². The molecule has 0 radical (unpaired) electrons. The molecule has 132 valence electrons. The van der Waals surface area contributed by atoms with Crippen molar-refractivity contribution in [3.8, 4) is 0 Å². The van der Waals surface area contributed by atoms with Crippen LogP contribution in [0.4, 0.5) is 0 Å². The Morgan fingerprint density at radius 3 is 2.73 bits per heavy atom. The van der Waals surface area contributed by atoms with Crippen LogP contribution in [0.25, 0.3) is 10.9 Å². The fourth-order valence-electron chi connectivity index (χ4n) is 3.57. The molecule has 1 aromatic heterocycles. The largest absolute Gasteiger partial charge is 0.370 e. The molecule has 1 amide bonds. The summed E-state index contributed by atoms with van der Waals surface area (Å²) in [6.45, 7) is 5.69. The number of aryl methyl sites for hydroxylation is 2. The molecule has 4 rings (SSSR count). The standard InChI is InChI=1S/C22H22N2O2/c1-15-7-6-10-18-19(13-16(2)23-21(15)18)22(25)24-11-12-26-20(14-24)17-8-4-3-5-9-17/h3-10,13,20H,11-12,14H2,1-2H3. The molecule has 1 unspecified atom stereocenters. The molecule has 0 aliphatic carbocycles. The minimum atomic E-state index is -0.0789.